The Morgan fingerprint density at radius 3 is 2.57 bits per heavy atom. The van der Waals surface area contributed by atoms with Crippen molar-refractivity contribution in [2.24, 2.45) is 5.41 Å². The highest BCUT2D eigenvalue weighted by molar-refractivity contribution is 6.31. The summed E-state index contributed by atoms with van der Waals surface area (Å²) in [7, 11) is 0. The van der Waals surface area contributed by atoms with Gasteiger partial charge in [-0.1, -0.05) is 44.5 Å². The van der Waals surface area contributed by atoms with Crippen LogP contribution >= 0.6 is 11.6 Å². The monoisotopic (exact) mass is 210 g/mol. The predicted molar refractivity (Wildman–Crippen MR) is 59.9 cm³/mol. The van der Waals surface area contributed by atoms with Gasteiger partial charge in [-0.2, -0.15) is 0 Å². The Morgan fingerprint density at radius 1 is 1.43 bits per heavy atom. The lowest BCUT2D eigenvalue weighted by Gasteiger charge is -2.20. The second kappa shape index (κ2) is 4.14. The van der Waals surface area contributed by atoms with E-state index in [4.69, 9.17) is 11.6 Å². The maximum atomic E-state index is 12.0. The van der Waals surface area contributed by atoms with Crippen molar-refractivity contribution in [2.75, 3.05) is 0 Å². The largest absolute Gasteiger partial charge is 0.294 e. The standard InChI is InChI=1S/C12H15ClO/c1-4-12(2,3)11(14)9-6-5-7-10(13)8-9/h5-8H,4H2,1-3H3. The molecule has 1 aromatic rings. The van der Waals surface area contributed by atoms with Gasteiger partial charge in [-0.15, -0.1) is 0 Å². The topological polar surface area (TPSA) is 17.1 Å². The quantitative estimate of drug-likeness (QED) is 0.691. The fourth-order valence-corrected chi connectivity index (χ4v) is 1.37. The van der Waals surface area contributed by atoms with Crippen molar-refractivity contribution < 1.29 is 4.79 Å². The summed E-state index contributed by atoms with van der Waals surface area (Å²) >= 11 is 5.83. The zero-order valence-electron chi connectivity index (χ0n) is 8.80. The number of benzene rings is 1. The van der Waals surface area contributed by atoms with E-state index in [1.54, 1.807) is 18.2 Å². The molecule has 0 bridgehead atoms. The summed E-state index contributed by atoms with van der Waals surface area (Å²) in [5.74, 6) is 0.155. The number of hydrogen-bond acceptors (Lipinski definition) is 1. The molecule has 14 heavy (non-hydrogen) atoms. The summed E-state index contributed by atoms with van der Waals surface area (Å²) in [6.07, 6.45) is 0.832. The number of ketones is 1. The van der Waals surface area contributed by atoms with E-state index in [-0.39, 0.29) is 11.2 Å². The summed E-state index contributed by atoms with van der Waals surface area (Å²) in [6.45, 7) is 5.93. The highest BCUT2D eigenvalue weighted by Crippen LogP contribution is 2.26. The minimum Gasteiger partial charge on any atom is -0.294 e. The third-order valence-electron chi connectivity index (χ3n) is 2.59. The van der Waals surface area contributed by atoms with Crippen molar-refractivity contribution in [3.8, 4) is 0 Å². The van der Waals surface area contributed by atoms with Gasteiger partial charge in [0.05, 0.1) is 0 Å². The van der Waals surface area contributed by atoms with Crippen LogP contribution in [0.5, 0.6) is 0 Å². The smallest absolute Gasteiger partial charge is 0.168 e. The van der Waals surface area contributed by atoms with E-state index in [1.165, 1.54) is 0 Å². The molecule has 0 heterocycles. The molecule has 2 heteroatoms. The molecule has 0 aromatic heterocycles. The Balaban J connectivity index is 3.01. The molecular formula is C12H15ClO. The lowest BCUT2D eigenvalue weighted by atomic mass is 9.82. The highest BCUT2D eigenvalue weighted by Gasteiger charge is 2.26. The third-order valence-corrected chi connectivity index (χ3v) is 2.82. The average molecular weight is 211 g/mol. The van der Waals surface area contributed by atoms with Crippen LogP contribution < -0.4 is 0 Å². The van der Waals surface area contributed by atoms with Gasteiger partial charge in [0, 0.05) is 16.0 Å². The number of rotatable bonds is 3. The van der Waals surface area contributed by atoms with Crippen LogP contribution in [0.15, 0.2) is 24.3 Å². The van der Waals surface area contributed by atoms with Gasteiger partial charge in [-0.3, -0.25) is 4.79 Å². The first kappa shape index (κ1) is 11.3. The van der Waals surface area contributed by atoms with Crippen LogP contribution in [0.2, 0.25) is 5.02 Å². The van der Waals surface area contributed by atoms with Crippen LogP contribution in [0, 0.1) is 5.41 Å². The highest BCUT2D eigenvalue weighted by atomic mass is 35.5. The van der Waals surface area contributed by atoms with Gasteiger partial charge in [0.15, 0.2) is 5.78 Å². The predicted octanol–water partition coefficient (Wildman–Crippen LogP) is 3.96. The number of Topliss-reactive ketones (excluding diaryl/α,β-unsaturated/α-hetero) is 1. The van der Waals surface area contributed by atoms with Crippen molar-refractivity contribution in [1.82, 2.24) is 0 Å². The van der Waals surface area contributed by atoms with E-state index < -0.39 is 0 Å². The van der Waals surface area contributed by atoms with E-state index in [0.29, 0.717) is 10.6 Å². The van der Waals surface area contributed by atoms with Crippen LogP contribution in [-0.2, 0) is 0 Å². The Hall–Kier alpha value is -0.820. The van der Waals surface area contributed by atoms with E-state index in [0.717, 1.165) is 6.42 Å². The molecule has 0 aliphatic rings. The maximum Gasteiger partial charge on any atom is 0.168 e. The van der Waals surface area contributed by atoms with Crippen molar-refractivity contribution in [3.05, 3.63) is 34.9 Å². The van der Waals surface area contributed by atoms with Gasteiger partial charge >= 0.3 is 0 Å². The van der Waals surface area contributed by atoms with Gasteiger partial charge in [0.1, 0.15) is 0 Å². The fourth-order valence-electron chi connectivity index (χ4n) is 1.18. The Labute approximate surface area is 90.1 Å². The van der Waals surface area contributed by atoms with Crippen LogP contribution in [-0.4, -0.2) is 5.78 Å². The molecule has 0 amide bonds. The van der Waals surface area contributed by atoms with E-state index in [2.05, 4.69) is 0 Å². The molecule has 0 radical (unpaired) electrons. The molecule has 0 fully saturated rings. The molecule has 1 nitrogen and oxygen atoms in total. The molecule has 76 valence electrons. The first-order valence-corrected chi connectivity index (χ1v) is 5.15. The molecule has 0 unspecified atom stereocenters. The first-order valence-electron chi connectivity index (χ1n) is 4.78. The zero-order chi connectivity index (χ0) is 10.8. The molecule has 0 aliphatic carbocycles. The van der Waals surface area contributed by atoms with Gasteiger partial charge in [-0.25, -0.2) is 0 Å². The van der Waals surface area contributed by atoms with Gasteiger partial charge in [0.25, 0.3) is 0 Å². The van der Waals surface area contributed by atoms with Crippen LogP contribution in [0.25, 0.3) is 0 Å². The summed E-state index contributed by atoms with van der Waals surface area (Å²) in [5.41, 5.74) is 0.398. The molecule has 0 saturated carbocycles. The Bertz CT molecular complexity index is 342. The Kier molecular flexibility index (Phi) is 3.33. The minimum atomic E-state index is -0.301. The molecule has 0 atom stereocenters. The van der Waals surface area contributed by atoms with Crippen molar-refractivity contribution in [2.45, 2.75) is 27.2 Å². The van der Waals surface area contributed by atoms with Crippen LogP contribution in [0.3, 0.4) is 0 Å². The van der Waals surface area contributed by atoms with Gasteiger partial charge in [0.2, 0.25) is 0 Å². The van der Waals surface area contributed by atoms with Crippen molar-refractivity contribution in [3.63, 3.8) is 0 Å². The Morgan fingerprint density at radius 2 is 2.07 bits per heavy atom. The van der Waals surface area contributed by atoms with E-state index in [1.807, 2.05) is 26.8 Å². The van der Waals surface area contributed by atoms with Gasteiger partial charge in [-0.05, 0) is 18.6 Å². The third kappa shape index (κ3) is 2.36. The molecular weight excluding hydrogens is 196 g/mol. The van der Waals surface area contributed by atoms with Gasteiger partial charge < -0.3 is 0 Å². The number of halogens is 1. The second-order valence-corrected chi connectivity index (χ2v) is 4.51. The first-order chi connectivity index (χ1) is 6.47. The summed E-state index contributed by atoms with van der Waals surface area (Å²) in [4.78, 5) is 12.0. The van der Waals surface area contributed by atoms with Crippen LogP contribution in [0.4, 0.5) is 0 Å². The normalized spacial score (nSPS) is 11.4. The molecule has 0 saturated heterocycles. The molecule has 0 spiro atoms. The lowest BCUT2D eigenvalue weighted by Crippen LogP contribution is -2.23. The van der Waals surface area contributed by atoms with E-state index in [9.17, 15) is 4.79 Å². The van der Waals surface area contributed by atoms with Crippen molar-refractivity contribution in [1.29, 1.82) is 0 Å². The summed E-state index contributed by atoms with van der Waals surface area (Å²) < 4.78 is 0. The molecule has 1 aromatic carbocycles. The molecule has 1 rings (SSSR count). The fraction of sp³-hybridized carbons (Fsp3) is 0.417. The summed E-state index contributed by atoms with van der Waals surface area (Å²) in [6, 6.07) is 7.12. The van der Waals surface area contributed by atoms with E-state index >= 15 is 0 Å². The SMILES string of the molecule is CCC(C)(C)C(=O)c1cccc(Cl)c1. The number of carbonyl (C=O) groups is 1. The maximum absolute atomic E-state index is 12.0. The van der Waals surface area contributed by atoms with Crippen molar-refractivity contribution >= 4 is 17.4 Å². The lowest BCUT2D eigenvalue weighted by molar-refractivity contribution is 0.0833. The average Bonchev–Trinajstić information content (AvgIpc) is 2.16. The second-order valence-electron chi connectivity index (χ2n) is 4.08. The summed E-state index contributed by atoms with van der Waals surface area (Å²) in [5, 5.41) is 0.614. The molecule has 0 aliphatic heterocycles. The van der Waals surface area contributed by atoms with Crippen LogP contribution in [0.1, 0.15) is 37.6 Å². The number of carbonyl (C=O) groups excluding carboxylic acids is 1. The molecule has 0 N–H and O–H groups in total. The zero-order valence-corrected chi connectivity index (χ0v) is 9.56. The minimum absolute atomic E-state index is 0.155. The number of hydrogen-bond donors (Lipinski definition) is 0.